The van der Waals surface area contributed by atoms with Crippen molar-refractivity contribution in [1.82, 2.24) is 0 Å². The molecular weight excluding hydrogens is 345 g/mol. The highest BCUT2D eigenvalue weighted by Crippen LogP contribution is 2.24. The third kappa shape index (κ3) is 3.82. The molecule has 1 N–H and O–H groups in total. The molecule has 4 rings (SSSR count). The molecule has 27 heavy (non-hydrogen) atoms. The van der Waals surface area contributed by atoms with E-state index in [1.165, 1.54) is 24.3 Å². The number of nitrogens with one attached hydrogen (secondary N) is 1. The summed E-state index contributed by atoms with van der Waals surface area (Å²) in [6.07, 6.45) is 0. The summed E-state index contributed by atoms with van der Waals surface area (Å²) in [5.74, 6) is 0.560. The van der Waals surface area contributed by atoms with Gasteiger partial charge in [-0.15, -0.1) is 0 Å². The van der Waals surface area contributed by atoms with Gasteiger partial charge in [0.25, 0.3) is 5.91 Å². The molecule has 0 aliphatic rings. The number of anilines is 1. The van der Waals surface area contributed by atoms with E-state index in [9.17, 15) is 9.18 Å². The van der Waals surface area contributed by atoms with E-state index in [-0.39, 0.29) is 24.1 Å². The van der Waals surface area contributed by atoms with Crippen LogP contribution in [0.3, 0.4) is 0 Å². The fourth-order valence-electron chi connectivity index (χ4n) is 2.78. The highest BCUT2D eigenvalue weighted by molar-refractivity contribution is 6.07. The number of fused-ring (bicyclic) bond motifs is 1. The summed E-state index contributed by atoms with van der Waals surface area (Å²) < 4.78 is 24.0. The second kappa shape index (κ2) is 7.33. The number of hydrogen-bond donors (Lipinski definition) is 1. The molecule has 1 aromatic heterocycles. The number of hydrogen-bond acceptors (Lipinski definition) is 3. The zero-order chi connectivity index (χ0) is 18.6. The monoisotopic (exact) mass is 361 g/mol. The first-order valence-corrected chi connectivity index (χ1v) is 8.45. The van der Waals surface area contributed by atoms with Crippen molar-refractivity contribution in [3.05, 3.63) is 96.2 Å². The number of carbonyl (C=O) groups excluding carboxylic acids is 1. The maximum Gasteiger partial charge on any atom is 0.291 e. The summed E-state index contributed by atoms with van der Waals surface area (Å²) in [5.41, 5.74) is 0.721. The largest absolute Gasteiger partial charge is 0.486 e. The zero-order valence-corrected chi connectivity index (χ0v) is 14.3. The Morgan fingerprint density at radius 2 is 1.70 bits per heavy atom. The fourth-order valence-corrected chi connectivity index (χ4v) is 2.78. The Balaban J connectivity index is 1.44. The van der Waals surface area contributed by atoms with E-state index in [1.807, 2.05) is 42.5 Å². The van der Waals surface area contributed by atoms with E-state index in [0.717, 1.165) is 16.5 Å². The van der Waals surface area contributed by atoms with Crippen LogP contribution in [0.2, 0.25) is 0 Å². The topological polar surface area (TPSA) is 51.5 Å². The summed E-state index contributed by atoms with van der Waals surface area (Å²) in [6, 6.07) is 22.5. The van der Waals surface area contributed by atoms with Crippen LogP contribution in [0.1, 0.15) is 16.3 Å². The molecule has 1 amide bonds. The SMILES string of the molecule is O=C(Nc1cccc2ccccc12)c1ccc(COc2ccc(F)cc2)o1. The third-order valence-corrected chi connectivity index (χ3v) is 4.12. The Labute approximate surface area is 155 Å². The molecule has 4 nitrogen and oxygen atoms in total. The molecule has 0 atom stereocenters. The lowest BCUT2D eigenvalue weighted by Gasteiger charge is -2.07. The van der Waals surface area contributed by atoms with Gasteiger partial charge in [0.1, 0.15) is 23.9 Å². The molecule has 0 aliphatic heterocycles. The Morgan fingerprint density at radius 1 is 0.926 bits per heavy atom. The molecule has 0 aliphatic carbocycles. The fraction of sp³-hybridized carbons (Fsp3) is 0.0455. The molecule has 0 spiro atoms. The van der Waals surface area contributed by atoms with Crippen molar-refractivity contribution in [2.24, 2.45) is 0 Å². The number of benzene rings is 3. The van der Waals surface area contributed by atoms with Crippen molar-refractivity contribution >= 4 is 22.4 Å². The average molecular weight is 361 g/mol. The van der Waals surface area contributed by atoms with E-state index >= 15 is 0 Å². The molecule has 3 aromatic carbocycles. The van der Waals surface area contributed by atoms with E-state index in [0.29, 0.717) is 11.5 Å². The van der Waals surface area contributed by atoms with Gasteiger partial charge in [-0.05, 0) is 47.9 Å². The number of halogens is 1. The lowest BCUT2D eigenvalue weighted by molar-refractivity contribution is 0.0993. The molecule has 5 heteroatoms. The number of ether oxygens (including phenoxy) is 1. The Morgan fingerprint density at radius 3 is 2.56 bits per heavy atom. The summed E-state index contributed by atoms with van der Waals surface area (Å²) in [7, 11) is 0. The molecule has 0 bridgehead atoms. The van der Waals surface area contributed by atoms with Gasteiger partial charge in [0.15, 0.2) is 5.76 Å². The van der Waals surface area contributed by atoms with Crippen LogP contribution in [0.5, 0.6) is 5.75 Å². The van der Waals surface area contributed by atoms with Crippen LogP contribution in [-0.4, -0.2) is 5.91 Å². The van der Waals surface area contributed by atoms with Gasteiger partial charge in [0.2, 0.25) is 0 Å². The van der Waals surface area contributed by atoms with Crippen LogP contribution in [0.25, 0.3) is 10.8 Å². The minimum Gasteiger partial charge on any atom is -0.486 e. The summed E-state index contributed by atoms with van der Waals surface area (Å²) in [6.45, 7) is 0.146. The zero-order valence-electron chi connectivity index (χ0n) is 14.3. The Bertz CT molecular complexity index is 1080. The highest BCUT2D eigenvalue weighted by Gasteiger charge is 2.13. The van der Waals surface area contributed by atoms with Crippen molar-refractivity contribution in [3.8, 4) is 5.75 Å². The average Bonchev–Trinajstić information content (AvgIpc) is 3.17. The molecule has 0 radical (unpaired) electrons. The molecular formula is C22H16FNO3. The predicted octanol–water partition coefficient (Wildman–Crippen LogP) is 5.40. The van der Waals surface area contributed by atoms with Crippen LogP contribution in [-0.2, 0) is 6.61 Å². The molecule has 0 saturated heterocycles. The van der Waals surface area contributed by atoms with Crippen LogP contribution in [0.4, 0.5) is 10.1 Å². The standard InChI is InChI=1S/C22H16FNO3/c23-16-8-10-17(11-9-16)26-14-18-12-13-21(27-18)22(25)24-20-7-3-5-15-4-1-2-6-19(15)20/h1-13H,14H2,(H,24,25). The van der Waals surface area contributed by atoms with Crippen molar-refractivity contribution in [1.29, 1.82) is 0 Å². The van der Waals surface area contributed by atoms with E-state index in [4.69, 9.17) is 9.15 Å². The Kier molecular flexibility index (Phi) is 4.58. The van der Waals surface area contributed by atoms with Gasteiger partial charge in [-0.25, -0.2) is 4.39 Å². The van der Waals surface area contributed by atoms with Gasteiger partial charge < -0.3 is 14.5 Å². The normalized spacial score (nSPS) is 10.7. The summed E-state index contributed by atoms with van der Waals surface area (Å²) in [5, 5.41) is 4.88. The van der Waals surface area contributed by atoms with Gasteiger partial charge >= 0.3 is 0 Å². The maximum atomic E-state index is 12.9. The van der Waals surface area contributed by atoms with Gasteiger partial charge in [0, 0.05) is 11.1 Å². The second-order valence-corrected chi connectivity index (χ2v) is 5.99. The number of carbonyl (C=O) groups is 1. The van der Waals surface area contributed by atoms with Crippen LogP contribution < -0.4 is 10.1 Å². The van der Waals surface area contributed by atoms with Crippen molar-refractivity contribution < 1.29 is 18.3 Å². The lowest BCUT2D eigenvalue weighted by atomic mass is 10.1. The maximum absolute atomic E-state index is 12.9. The summed E-state index contributed by atoms with van der Waals surface area (Å²) in [4.78, 5) is 12.5. The quantitative estimate of drug-likeness (QED) is 0.517. The first-order chi connectivity index (χ1) is 13.2. The first kappa shape index (κ1) is 16.8. The van der Waals surface area contributed by atoms with Crippen molar-refractivity contribution in [2.75, 3.05) is 5.32 Å². The van der Waals surface area contributed by atoms with Crippen LogP contribution in [0, 0.1) is 5.82 Å². The molecule has 4 aromatic rings. The summed E-state index contributed by atoms with van der Waals surface area (Å²) >= 11 is 0. The van der Waals surface area contributed by atoms with Crippen LogP contribution in [0.15, 0.2) is 83.3 Å². The number of rotatable bonds is 5. The predicted molar refractivity (Wildman–Crippen MR) is 101 cm³/mol. The molecule has 1 heterocycles. The van der Waals surface area contributed by atoms with E-state index in [2.05, 4.69) is 5.32 Å². The minimum atomic E-state index is -0.334. The third-order valence-electron chi connectivity index (χ3n) is 4.12. The number of furan rings is 1. The van der Waals surface area contributed by atoms with Crippen molar-refractivity contribution in [3.63, 3.8) is 0 Å². The lowest BCUT2D eigenvalue weighted by Crippen LogP contribution is -2.11. The molecule has 134 valence electrons. The van der Waals surface area contributed by atoms with Gasteiger partial charge in [0.05, 0.1) is 0 Å². The minimum absolute atomic E-state index is 0.146. The van der Waals surface area contributed by atoms with E-state index < -0.39 is 0 Å². The smallest absolute Gasteiger partial charge is 0.291 e. The van der Waals surface area contributed by atoms with Gasteiger partial charge in [-0.2, -0.15) is 0 Å². The Hall–Kier alpha value is -3.60. The molecule has 0 fully saturated rings. The second-order valence-electron chi connectivity index (χ2n) is 5.99. The van der Waals surface area contributed by atoms with Gasteiger partial charge in [-0.1, -0.05) is 36.4 Å². The number of amides is 1. The van der Waals surface area contributed by atoms with Crippen molar-refractivity contribution in [2.45, 2.75) is 6.61 Å². The van der Waals surface area contributed by atoms with Crippen LogP contribution >= 0.6 is 0 Å². The molecule has 0 saturated carbocycles. The van der Waals surface area contributed by atoms with Gasteiger partial charge in [-0.3, -0.25) is 4.79 Å². The first-order valence-electron chi connectivity index (χ1n) is 8.45. The van der Waals surface area contributed by atoms with E-state index in [1.54, 1.807) is 12.1 Å². The molecule has 0 unspecified atom stereocenters. The highest BCUT2D eigenvalue weighted by atomic mass is 19.1.